The Hall–Kier alpha value is -1.75. The Balaban J connectivity index is 0.00000300. The third-order valence-electron chi connectivity index (χ3n) is 6.58. The van der Waals surface area contributed by atoms with Gasteiger partial charge >= 0.3 is 0 Å². The third-order valence-corrected chi connectivity index (χ3v) is 6.58. The maximum absolute atomic E-state index is 13.3. The van der Waals surface area contributed by atoms with Crippen LogP contribution in [0.1, 0.15) is 75.1 Å². The first kappa shape index (κ1) is 23.5. The molecule has 0 aromatic heterocycles. The molecule has 0 aliphatic heterocycles. The summed E-state index contributed by atoms with van der Waals surface area (Å²) in [6.45, 7) is 4.04. The third kappa shape index (κ3) is 6.91. The van der Waals surface area contributed by atoms with Gasteiger partial charge in [0.15, 0.2) is 5.96 Å². The predicted octanol–water partition coefficient (Wildman–Crippen LogP) is 4.35. The number of benzene rings is 1. The van der Waals surface area contributed by atoms with Gasteiger partial charge in [0.25, 0.3) is 5.91 Å². The summed E-state index contributed by atoms with van der Waals surface area (Å²) in [5.41, 5.74) is 12.0. The van der Waals surface area contributed by atoms with E-state index in [1.165, 1.54) is 32.1 Å². The second-order valence-corrected chi connectivity index (χ2v) is 9.15. The lowest BCUT2D eigenvalue weighted by Crippen LogP contribution is -2.44. The number of carbonyl (C=O) groups is 1. The van der Waals surface area contributed by atoms with Gasteiger partial charge in [-0.15, -0.1) is 12.4 Å². The average molecular weight is 421 g/mol. The Kier molecular flexibility index (Phi) is 8.81. The molecule has 2 saturated carbocycles. The SMILES string of the molecule is CC1(CN(CC2CCCCC2)C(=O)c2ccccc2)CCC(N=C(N)N)CC1.Cl. The minimum Gasteiger partial charge on any atom is -0.370 e. The molecule has 5 nitrogen and oxygen atoms in total. The molecule has 6 heteroatoms. The van der Waals surface area contributed by atoms with Gasteiger partial charge in [-0.25, -0.2) is 0 Å². The van der Waals surface area contributed by atoms with Crippen molar-refractivity contribution in [2.24, 2.45) is 27.8 Å². The first-order chi connectivity index (χ1) is 13.5. The van der Waals surface area contributed by atoms with Gasteiger partial charge < -0.3 is 16.4 Å². The van der Waals surface area contributed by atoms with Crippen molar-refractivity contribution >= 4 is 24.3 Å². The van der Waals surface area contributed by atoms with E-state index in [9.17, 15) is 4.79 Å². The number of amides is 1. The molecule has 0 atom stereocenters. The van der Waals surface area contributed by atoms with E-state index >= 15 is 0 Å². The van der Waals surface area contributed by atoms with Gasteiger partial charge in [-0.3, -0.25) is 9.79 Å². The highest BCUT2D eigenvalue weighted by atomic mass is 35.5. The largest absolute Gasteiger partial charge is 0.370 e. The van der Waals surface area contributed by atoms with Crippen LogP contribution >= 0.6 is 12.4 Å². The molecule has 0 saturated heterocycles. The predicted molar refractivity (Wildman–Crippen MR) is 122 cm³/mol. The van der Waals surface area contributed by atoms with E-state index in [0.29, 0.717) is 5.92 Å². The lowest BCUT2D eigenvalue weighted by atomic mass is 9.73. The Morgan fingerprint density at radius 1 is 1.07 bits per heavy atom. The summed E-state index contributed by atoms with van der Waals surface area (Å²) >= 11 is 0. The van der Waals surface area contributed by atoms with Gasteiger partial charge in [0, 0.05) is 18.7 Å². The Labute approximate surface area is 181 Å². The molecule has 0 bridgehead atoms. The van der Waals surface area contributed by atoms with Gasteiger partial charge in [0.2, 0.25) is 0 Å². The Morgan fingerprint density at radius 3 is 2.28 bits per heavy atom. The van der Waals surface area contributed by atoms with Crippen molar-refractivity contribution in [1.29, 1.82) is 0 Å². The van der Waals surface area contributed by atoms with Crippen molar-refractivity contribution < 1.29 is 4.79 Å². The summed E-state index contributed by atoms with van der Waals surface area (Å²) < 4.78 is 0. The number of rotatable bonds is 6. The first-order valence-corrected chi connectivity index (χ1v) is 10.9. The van der Waals surface area contributed by atoms with E-state index < -0.39 is 0 Å². The van der Waals surface area contributed by atoms with E-state index in [1.54, 1.807) is 0 Å². The Morgan fingerprint density at radius 2 is 1.69 bits per heavy atom. The van der Waals surface area contributed by atoms with Crippen LogP contribution in [0.3, 0.4) is 0 Å². The molecule has 2 fully saturated rings. The summed E-state index contributed by atoms with van der Waals surface area (Å²) in [6, 6.07) is 9.98. The van der Waals surface area contributed by atoms with Crippen LogP contribution < -0.4 is 11.5 Å². The number of aliphatic imine (C=N–C) groups is 1. The second kappa shape index (κ2) is 10.9. The maximum Gasteiger partial charge on any atom is 0.253 e. The molecule has 0 spiro atoms. The van der Waals surface area contributed by atoms with Gasteiger partial charge in [-0.2, -0.15) is 0 Å². The van der Waals surface area contributed by atoms with Crippen LogP contribution in [0.5, 0.6) is 0 Å². The zero-order valence-corrected chi connectivity index (χ0v) is 18.5. The lowest BCUT2D eigenvalue weighted by Gasteiger charge is -2.41. The monoisotopic (exact) mass is 420 g/mol. The number of guanidine groups is 1. The molecule has 2 aliphatic carbocycles. The van der Waals surface area contributed by atoms with E-state index in [2.05, 4.69) is 16.8 Å². The van der Waals surface area contributed by atoms with Crippen LogP contribution in [-0.2, 0) is 0 Å². The highest BCUT2D eigenvalue weighted by Gasteiger charge is 2.35. The van der Waals surface area contributed by atoms with Crippen LogP contribution in [0, 0.1) is 11.3 Å². The highest BCUT2D eigenvalue weighted by molar-refractivity contribution is 5.94. The van der Waals surface area contributed by atoms with Crippen LogP contribution in [0.2, 0.25) is 0 Å². The van der Waals surface area contributed by atoms with Crippen molar-refractivity contribution in [3.63, 3.8) is 0 Å². The molecular formula is C23H37ClN4O. The summed E-state index contributed by atoms with van der Waals surface area (Å²) in [4.78, 5) is 19.8. The van der Waals surface area contributed by atoms with Gasteiger partial charge in [-0.05, 0) is 62.0 Å². The van der Waals surface area contributed by atoms with Crippen LogP contribution in [0.15, 0.2) is 35.3 Å². The number of nitrogens with zero attached hydrogens (tertiary/aromatic N) is 2. The Bertz CT molecular complexity index is 661. The minimum absolute atomic E-state index is 0. The molecule has 0 radical (unpaired) electrons. The van der Waals surface area contributed by atoms with Crippen molar-refractivity contribution in [3.05, 3.63) is 35.9 Å². The fourth-order valence-electron chi connectivity index (χ4n) is 4.92. The standard InChI is InChI=1S/C23H36N4O.ClH/c1-23(14-12-20(13-15-23)26-22(24)25)17-27(16-18-8-4-2-5-9-18)21(28)19-10-6-3-7-11-19;/h3,6-7,10-11,18,20H,2,4-5,8-9,12-17H2,1H3,(H4,24,25,26);1H. The number of hydrogen-bond acceptors (Lipinski definition) is 2. The van der Waals surface area contributed by atoms with Crippen LogP contribution in [-0.4, -0.2) is 35.9 Å². The molecule has 2 aliphatic rings. The molecule has 29 heavy (non-hydrogen) atoms. The fraction of sp³-hybridized carbons (Fsp3) is 0.652. The molecule has 162 valence electrons. The van der Waals surface area contributed by atoms with Crippen molar-refractivity contribution in [2.75, 3.05) is 13.1 Å². The molecule has 0 unspecified atom stereocenters. The zero-order valence-electron chi connectivity index (χ0n) is 17.7. The summed E-state index contributed by atoms with van der Waals surface area (Å²) in [7, 11) is 0. The summed E-state index contributed by atoms with van der Waals surface area (Å²) in [5.74, 6) is 1.01. The van der Waals surface area contributed by atoms with E-state index in [-0.39, 0.29) is 35.7 Å². The van der Waals surface area contributed by atoms with Crippen molar-refractivity contribution in [1.82, 2.24) is 4.90 Å². The minimum atomic E-state index is 0. The average Bonchev–Trinajstić information content (AvgIpc) is 2.70. The molecule has 1 aromatic carbocycles. The van der Waals surface area contributed by atoms with E-state index in [4.69, 9.17) is 11.5 Å². The summed E-state index contributed by atoms with van der Waals surface area (Å²) in [5, 5.41) is 0. The van der Waals surface area contributed by atoms with Crippen LogP contribution in [0.4, 0.5) is 0 Å². The second-order valence-electron chi connectivity index (χ2n) is 9.15. The van der Waals surface area contributed by atoms with Crippen molar-refractivity contribution in [3.8, 4) is 0 Å². The van der Waals surface area contributed by atoms with E-state index in [1.807, 2.05) is 30.3 Å². The summed E-state index contributed by atoms with van der Waals surface area (Å²) in [6.07, 6.45) is 10.5. The number of carbonyl (C=O) groups excluding carboxylic acids is 1. The molecular weight excluding hydrogens is 384 g/mol. The highest BCUT2D eigenvalue weighted by Crippen LogP contribution is 2.38. The molecule has 0 heterocycles. The number of nitrogens with two attached hydrogens (primary N) is 2. The van der Waals surface area contributed by atoms with E-state index in [0.717, 1.165) is 44.3 Å². The van der Waals surface area contributed by atoms with Crippen LogP contribution in [0.25, 0.3) is 0 Å². The quantitative estimate of drug-likeness (QED) is 0.529. The maximum atomic E-state index is 13.3. The molecule has 1 aromatic rings. The number of halogens is 1. The smallest absolute Gasteiger partial charge is 0.253 e. The van der Waals surface area contributed by atoms with Gasteiger partial charge in [0.1, 0.15) is 0 Å². The number of hydrogen-bond donors (Lipinski definition) is 2. The first-order valence-electron chi connectivity index (χ1n) is 10.9. The lowest BCUT2D eigenvalue weighted by molar-refractivity contribution is 0.0550. The fourth-order valence-corrected chi connectivity index (χ4v) is 4.92. The topological polar surface area (TPSA) is 84.7 Å². The zero-order chi connectivity index (χ0) is 20.0. The normalized spacial score (nSPS) is 24.9. The van der Waals surface area contributed by atoms with Gasteiger partial charge in [-0.1, -0.05) is 44.4 Å². The van der Waals surface area contributed by atoms with Crippen molar-refractivity contribution in [2.45, 2.75) is 70.8 Å². The molecule has 4 N–H and O–H groups in total. The van der Waals surface area contributed by atoms with Gasteiger partial charge in [0.05, 0.1) is 6.04 Å². The molecule has 3 rings (SSSR count). The molecule has 1 amide bonds.